The van der Waals surface area contributed by atoms with Gasteiger partial charge in [0, 0.05) is 13.0 Å². The fraction of sp³-hybridized carbons (Fsp3) is 0.400. The lowest BCUT2D eigenvalue weighted by Gasteiger charge is -2.13. The van der Waals surface area contributed by atoms with Crippen molar-refractivity contribution in [3.05, 3.63) is 35.9 Å². The van der Waals surface area contributed by atoms with Crippen LogP contribution in [0.1, 0.15) is 25.3 Å². The van der Waals surface area contributed by atoms with Gasteiger partial charge in [-0.2, -0.15) is 0 Å². The molecule has 0 saturated carbocycles. The SMILES string of the molecule is CC(=O)[C@H](CN)NC(=O)CCC(=O)OCc1ccccc1. The van der Waals surface area contributed by atoms with Crippen molar-refractivity contribution in [1.29, 1.82) is 0 Å². The Morgan fingerprint density at radius 1 is 1.19 bits per heavy atom. The zero-order chi connectivity index (χ0) is 15.7. The van der Waals surface area contributed by atoms with Gasteiger partial charge in [-0.25, -0.2) is 0 Å². The van der Waals surface area contributed by atoms with Gasteiger partial charge in [0.05, 0.1) is 12.5 Å². The van der Waals surface area contributed by atoms with E-state index in [1.54, 1.807) is 0 Å². The molecule has 0 aromatic heterocycles. The largest absolute Gasteiger partial charge is 0.461 e. The van der Waals surface area contributed by atoms with E-state index >= 15 is 0 Å². The minimum Gasteiger partial charge on any atom is -0.461 e. The maximum Gasteiger partial charge on any atom is 0.306 e. The number of nitrogens with two attached hydrogens (primary N) is 1. The molecule has 0 radical (unpaired) electrons. The van der Waals surface area contributed by atoms with Crippen LogP contribution in [0.4, 0.5) is 0 Å². The molecule has 1 amide bonds. The van der Waals surface area contributed by atoms with E-state index in [0.29, 0.717) is 0 Å². The van der Waals surface area contributed by atoms with Gasteiger partial charge >= 0.3 is 5.97 Å². The first-order chi connectivity index (χ1) is 10.0. The Hall–Kier alpha value is -2.21. The number of hydrogen-bond donors (Lipinski definition) is 2. The average Bonchev–Trinajstić information content (AvgIpc) is 2.49. The number of hydrogen-bond acceptors (Lipinski definition) is 5. The summed E-state index contributed by atoms with van der Waals surface area (Å²) in [6.45, 7) is 1.58. The summed E-state index contributed by atoms with van der Waals surface area (Å²) in [6.07, 6.45) is -0.0642. The number of benzene rings is 1. The van der Waals surface area contributed by atoms with E-state index in [9.17, 15) is 14.4 Å². The second kappa shape index (κ2) is 8.86. The standard InChI is InChI=1S/C15H20N2O4/c1-11(18)13(9-16)17-14(19)7-8-15(20)21-10-12-5-3-2-4-6-12/h2-6,13H,7-10,16H2,1H3,(H,17,19)/t13-/m0/s1. The molecule has 0 aliphatic heterocycles. The van der Waals surface area contributed by atoms with Crippen molar-refractivity contribution in [1.82, 2.24) is 5.32 Å². The highest BCUT2D eigenvalue weighted by molar-refractivity contribution is 5.88. The highest BCUT2D eigenvalue weighted by Gasteiger charge is 2.16. The van der Waals surface area contributed by atoms with Crippen molar-refractivity contribution >= 4 is 17.7 Å². The van der Waals surface area contributed by atoms with Crippen molar-refractivity contribution in [2.45, 2.75) is 32.4 Å². The van der Waals surface area contributed by atoms with E-state index in [2.05, 4.69) is 5.32 Å². The Morgan fingerprint density at radius 2 is 1.86 bits per heavy atom. The molecule has 0 bridgehead atoms. The molecule has 1 aromatic carbocycles. The number of carbonyl (C=O) groups is 3. The van der Waals surface area contributed by atoms with Crippen LogP contribution < -0.4 is 11.1 Å². The van der Waals surface area contributed by atoms with Crippen LogP contribution in [-0.2, 0) is 25.7 Å². The van der Waals surface area contributed by atoms with E-state index in [-0.39, 0.29) is 31.8 Å². The molecule has 0 saturated heterocycles. The number of carbonyl (C=O) groups excluding carboxylic acids is 3. The number of amides is 1. The molecule has 0 heterocycles. The topological polar surface area (TPSA) is 98.5 Å². The highest BCUT2D eigenvalue weighted by atomic mass is 16.5. The lowest BCUT2D eigenvalue weighted by molar-refractivity contribution is -0.146. The fourth-order valence-electron chi connectivity index (χ4n) is 1.62. The van der Waals surface area contributed by atoms with E-state index in [1.165, 1.54) is 6.92 Å². The first-order valence-electron chi connectivity index (χ1n) is 6.72. The van der Waals surface area contributed by atoms with Crippen LogP contribution in [0.25, 0.3) is 0 Å². The Morgan fingerprint density at radius 3 is 2.43 bits per heavy atom. The van der Waals surface area contributed by atoms with Gasteiger partial charge in [0.15, 0.2) is 5.78 Å². The Labute approximate surface area is 123 Å². The average molecular weight is 292 g/mol. The van der Waals surface area contributed by atoms with Crippen LogP contribution in [-0.4, -0.2) is 30.2 Å². The van der Waals surface area contributed by atoms with Gasteiger partial charge in [-0.05, 0) is 12.5 Å². The molecular formula is C15H20N2O4. The summed E-state index contributed by atoms with van der Waals surface area (Å²) < 4.78 is 5.05. The van der Waals surface area contributed by atoms with Gasteiger partial charge in [-0.15, -0.1) is 0 Å². The third-order valence-corrected chi connectivity index (χ3v) is 2.86. The third kappa shape index (κ3) is 6.67. The molecule has 0 fully saturated rings. The molecule has 0 aliphatic carbocycles. The molecule has 1 aromatic rings. The summed E-state index contributed by atoms with van der Waals surface area (Å²) in [7, 11) is 0. The zero-order valence-electron chi connectivity index (χ0n) is 12.0. The second-order valence-electron chi connectivity index (χ2n) is 4.61. The van der Waals surface area contributed by atoms with Gasteiger partial charge in [0.1, 0.15) is 6.61 Å². The van der Waals surface area contributed by atoms with Crippen molar-refractivity contribution in [2.24, 2.45) is 5.73 Å². The van der Waals surface area contributed by atoms with E-state index in [0.717, 1.165) is 5.56 Å². The number of ketones is 1. The van der Waals surface area contributed by atoms with Crippen LogP contribution in [0.15, 0.2) is 30.3 Å². The molecule has 6 nitrogen and oxygen atoms in total. The Bertz CT molecular complexity index is 488. The van der Waals surface area contributed by atoms with Crippen LogP contribution in [0, 0.1) is 0 Å². The van der Waals surface area contributed by atoms with Crippen molar-refractivity contribution in [2.75, 3.05) is 6.54 Å². The molecule has 21 heavy (non-hydrogen) atoms. The Kier molecular flexibility index (Phi) is 7.11. The predicted molar refractivity (Wildman–Crippen MR) is 77.1 cm³/mol. The molecule has 1 rings (SSSR count). The summed E-state index contributed by atoms with van der Waals surface area (Å²) in [5, 5.41) is 2.47. The normalized spacial score (nSPS) is 11.5. The van der Waals surface area contributed by atoms with Gasteiger partial charge in [-0.3, -0.25) is 14.4 Å². The predicted octanol–water partition coefficient (Wildman–Crippen LogP) is 0.542. The molecule has 0 spiro atoms. The molecule has 3 N–H and O–H groups in total. The van der Waals surface area contributed by atoms with Gasteiger partial charge in [0.2, 0.25) is 5.91 Å². The zero-order valence-corrected chi connectivity index (χ0v) is 12.0. The minimum absolute atomic E-state index is 0.0304. The van der Waals surface area contributed by atoms with Gasteiger partial charge < -0.3 is 15.8 Å². The molecule has 6 heteroatoms. The maximum absolute atomic E-state index is 11.6. The lowest BCUT2D eigenvalue weighted by Crippen LogP contribution is -2.44. The highest BCUT2D eigenvalue weighted by Crippen LogP contribution is 2.02. The molecule has 0 unspecified atom stereocenters. The number of rotatable bonds is 8. The number of Topliss-reactive ketones (excluding diaryl/α,β-unsaturated/α-hetero) is 1. The molecular weight excluding hydrogens is 272 g/mol. The first kappa shape index (κ1) is 16.8. The molecule has 1 atom stereocenters. The summed E-state index contributed by atoms with van der Waals surface area (Å²) >= 11 is 0. The number of esters is 1. The lowest BCUT2D eigenvalue weighted by atomic mass is 10.2. The summed E-state index contributed by atoms with van der Waals surface area (Å²) in [6, 6.07) is 8.57. The minimum atomic E-state index is -0.696. The monoisotopic (exact) mass is 292 g/mol. The van der Waals surface area contributed by atoms with Gasteiger partial charge in [0.25, 0.3) is 0 Å². The molecule has 114 valence electrons. The van der Waals surface area contributed by atoms with E-state index < -0.39 is 17.9 Å². The van der Waals surface area contributed by atoms with Crippen LogP contribution in [0.2, 0.25) is 0 Å². The van der Waals surface area contributed by atoms with Gasteiger partial charge in [-0.1, -0.05) is 30.3 Å². The molecule has 0 aliphatic rings. The number of nitrogens with one attached hydrogen (secondary N) is 1. The first-order valence-corrected chi connectivity index (χ1v) is 6.72. The van der Waals surface area contributed by atoms with Crippen LogP contribution in [0.5, 0.6) is 0 Å². The van der Waals surface area contributed by atoms with Crippen molar-refractivity contribution < 1.29 is 19.1 Å². The van der Waals surface area contributed by atoms with Crippen LogP contribution in [0.3, 0.4) is 0 Å². The smallest absolute Gasteiger partial charge is 0.306 e. The summed E-state index contributed by atoms with van der Waals surface area (Å²) in [4.78, 5) is 34.2. The number of ether oxygens (including phenoxy) is 1. The van der Waals surface area contributed by atoms with E-state index in [1.807, 2.05) is 30.3 Å². The maximum atomic E-state index is 11.6. The van der Waals surface area contributed by atoms with Crippen molar-refractivity contribution in [3.63, 3.8) is 0 Å². The quantitative estimate of drug-likeness (QED) is 0.681. The van der Waals surface area contributed by atoms with E-state index in [4.69, 9.17) is 10.5 Å². The van der Waals surface area contributed by atoms with Crippen molar-refractivity contribution in [3.8, 4) is 0 Å². The summed E-state index contributed by atoms with van der Waals surface area (Å²) in [5.74, 6) is -1.06. The fourth-order valence-corrected chi connectivity index (χ4v) is 1.62. The second-order valence-corrected chi connectivity index (χ2v) is 4.61. The summed E-state index contributed by atoms with van der Waals surface area (Å²) in [5.41, 5.74) is 6.25. The van der Waals surface area contributed by atoms with Crippen LogP contribution >= 0.6 is 0 Å². The Balaban J connectivity index is 2.26. The third-order valence-electron chi connectivity index (χ3n) is 2.86.